The van der Waals surface area contributed by atoms with E-state index in [4.69, 9.17) is 12.2 Å². The zero-order valence-corrected chi connectivity index (χ0v) is 11.8. The molecular weight excluding hydrogens is 230 g/mol. The van der Waals surface area contributed by atoms with Gasteiger partial charge in [0.2, 0.25) is 0 Å². The highest BCUT2D eigenvalue weighted by Gasteiger charge is 2.17. The van der Waals surface area contributed by atoms with Crippen LogP contribution >= 0.6 is 12.2 Å². The van der Waals surface area contributed by atoms with Crippen molar-refractivity contribution in [2.75, 3.05) is 33.2 Å². The van der Waals surface area contributed by atoms with Crippen molar-refractivity contribution in [3.63, 3.8) is 0 Å². The topological polar surface area (TPSA) is 18.5 Å². The minimum Gasteiger partial charge on any atom is -0.360 e. The maximum absolute atomic E-state index is 5.45. The molecule has 98 valence electrons. The Morgan fingerprint density at radius 2 is 1.88 bits per heavy atom. The average Bonchev–Trinajstić information content (AvgIpc) is 2.98. The Balaban J connectivity index is 1.63. The van der Waals surface area contributed by atoms with E-state index in [2.05, 4.69) is 22.2 Å². The van der Waals surface area contributed by atoms with E-state index in [1.54, 1.807) is 0 Å². The van der Waals surface area contributed by atoms with Crippen molar-refractivity contribution in [3.05, 3.63) is 0 Å². The fourth-order valence-electron chi connectivity index (χ4n) is 2.75. The third-order valence-electron chi connectivity index (χ3n) is 3.98. The molecular formula is C13H25N3S. The molecule has 4 heteroatoms. The number of hydrogen-bond donors (Lipinski definition) is 1. The van der Waals surface area contributed by atoms with Crippen LogP contribution in [0.5, 0.6) is 0 Å². The molecule has 0 aromatic rings. The lowest BCUT2D eigenvalue weighted by atomic mass is 10.2. The predicted octanol–water partition coefficient (Wildman–Crippen LogP) is 1.83. The zero-order valence-electron chi connectivity index (χ0n) is 11.0. The predicted molar refractivity (Wildman–Crippen MR) is 76.3 cm³/mol. The van der Waals surface area contributed by atoms with Crippen LogP contribution in [0.4, 0.5) is 0 Å². The quantitative estimate of drug-likeness (QED) is 0.772. The summed E-state index contributed by atoms with van der Waals surface area (Å²) >= 11 is 5.45. The standard InChI is InChI=1S/C13H25N3S/c1-15(10-11-16-8-4-5-9-16)13(17)14-12-6-2-3-7-12/h12H,2-11H2,1H3,(H,14,17). The molecule has 0 bridgehead atoms. The maximum atomic E-state index is 5.45. The summed E-state index contributed by atoms with van der Waals surface area (Å²) in [5, 5.41) is 4.43. The molecule has 2 aliphatic rings. The van der Waals surface area contributed by atoms with E-state index in [-0.39, 0.29) is 0 Å². The van der Waals surface area contributed by atoms with Gasteiger partial charge in [0.25, 0.3) is 0 Å². The summed E-state index contributed by atoms with van der Waals surface area (Å²) in [7, 11) is 2.11. The third-order valence-corrected chi connectivity index (χ3v) is 4.41. The fraction of sp³-hybridized carbons (Fsp3) is 0.923. The summed E-state index contributed by atoms with van der Waals surface area (Å²) in [6, 6.07) is 0.636. The van der Waals surface area contributed by atoms with Crippen LogP contribution in [-0.2, 0) is 0 Å². The monoisotopic (exact) mass is 255 g/mol. The second kappa shape index (κ2) is 6.55. The van der Waals surface area contributed by atoms with Gasteiger partial charge in [-0.25, -0.2) is 0 Å². The smallest absolute Gasteiger partial charge is 0.168 e. The first-order valence-electron chi connectivity index (χ1n) is 7.00. The SMILES string of the molecule is CN(CCN1CCCC1)C(=S)NC1CCCC1. The molecule has 0 atom stereocenters. The van der Waals surface area contributed by atoms with Crippen LogP contribution in [-0.4, -0.2) is 54.2 Å². The van der Waals surface area contributed by atoms with Crippen molar-refractivity contribution in [2.45, 2.75) is 44.6 Å². The Kier molecular flexibility index (Phi) is 5.04. The van der Waals surface area contributed by atoms with Gasteiger partial charge in [-0.1, -0.05) is 12.8 Å². The molecule has 0 spiro atoms. The third kappa shape index (κ3) is 4.11. The van der Waals surface area contributed by atoms with Crippen LogP contribution in [0.25, 0.3) is 0 Å². The van der Waals surface area contributed by atoms with Gasteiger partial charge in [0.1, 0.15) is 0 Å². The number of thiocarbonyl (C=S) groups is 1. The number of nitrogens with zero attached hydrogens (tertiary/aromatic N) is 2. The van der Waals surface area contributed by atoms with Crippen molar-refractivity contribution >= 4 is 17.3 Å². The molecule has 1 heterocycles. The molecule has 2 fully saturated rings. The summed E-state index contributed by atoms with van der Waals surface area (Å²) < 4.78 is 0. The minimum atomic E-state index is 0.636. The molecule has 1 saturated heterocycles. The lowest BCUT2D eigenvalue weighted by Crippen LogP contribution is -2.44. The molecule has 0 aromatic carbocycles. The van der Waals surface area contributed by atoms with E-state index in [0.717, 1.165) is 18.2 Å². The highest BCUT2D eigenvalue weighted by molar-refractivity contribution is 7.80. The number of rotatable bonds is 4. The summed E-state index contributed by atoms with van der Waals surface area (Å²) in [6.45, 7) is 4.76. The van der Waals surface area contributed by atoms with Gasteiger partial charge in [-0.05, 0) is 51.0 Å². The Morgan fingerprint density at radius 3 is 2.53 bits per heavy atom. The maximum Gasteiger partial charge on any atom is 0.168 e. The van der Waals surface area contributed by atoms with Gasteiger partial charge < -0.3 is 15.1 Å². The molecule has 1 aliphatic carbocycles. The first kappa shape index (κ1) is 13.1. The fourth-order valence-corrected chi connectivity index (χ4v) is 3.01. The van der Waals surface area contributed by atoms with Gasteiger partial charge >= 0.3 is 0 Å². The van der Waals surface area contributed by atoms with Crippen molar-refractivity contribution in [1.29, 1.82) is 0 Å². The van der Waals surface area contributed by atoms with E-state index in [1.807, 2.05) is 0 Å². The molecule has 0 unspecified atom stereocenters. The molecule has 1 saturated carbocycles. The van der Waals surface area contributed by atoms with Crippen molar-refractivity contribution < 1.29 is 0 Å². The molecule has 17 heavy (non-hydrogen) atoms. The van der Waals surface area contributed by atoms with Gasteiger partial charge in [-0.3, -0.25) is 0 Å². The number of hydrogen-bond acceptors (Lipinski definition) is 2. The molecule has 0 aromatic heterocycles. The van der Waals surface area contributed by atoms with E-state index in [1.165, 1.54) is 51.6 Å². The zero-order chi connectivity index (χ0) is 12.1. The van der Waals surface area contributed by atoms with Gasteiger partial charge in [0.15, 0.2) is 5.11 Å². The van der Waals surface area contributed by atoms with E-state index < -0.39 is 0 Å². The van der Waals surface area contributed by atoms with Crippen LogP contribution in [0.15, 0.2) is 0 Å². The molecule has 1 N–H and O–H groups in total. The van der Waals surface area contributed by atoms with Crippen molar-refractivity contribution in [3.8, 4) is 0 Å². The van der Waals surface area contributed by atoms with E-state index in [0.29, 0.717) is 6.04 Å². The Hall–Kier alpha value is -0.350. The lowest BCUT2D eigenvalue weighted by molar-refractivity contribution is 0.305. The Morgan fingerprint density at radius 1 is 1.24 bits per heavy atom. The Labute approximate surface area is 111 Å². The highest BCUT2D eigenvalue weighted by atomic mass is 32.1. The average molecular weight is 255 g/mol. The normalized spacial score (nSPS) is 21.9. The Bertz CT molecular complexity index is 245. The number of likely N-dealkylation sites (tertiary alicyclic amines) is 1. The molecule has 0 amide bonds. The van der Waals surface area contributed by atoms with Crippen LogP contribution < -0.4 is 5.32 Å². The minimum absolute atomic E-state index is 0.636. The van der Waals surface area contributed by atoms with Gasteiger partial charge in [-0.15, -0.1) is 0 Å². The van der Waals surface area contributed by atoms with Gasteiger partial charge in [-0.2, -0.15) is 0 Å². The largest absolute Gasteiger partial charge is 0.360 e. The molecule has 0 radical (unpaired) electrons. The van der Waals surface area contributed by atoms with Crippen LogP contribution in [0.2, 0.25) is 0 Å². The summed E-state index contributed by atoms with van der Waals surface area (Å²) in [6.07, 6.45) is 8.04. The number of nitrogens with one attached hydrogen (secondary N) is 1. The van der Waals surface area contributed by atoms with E-state index >= 15 is 0 Å². The summed E-state index contributed by atoms with van der Waals surface area (Å²) in [5.41, 5.74) is 0. The first-order chi connectivity index (χ1) is 8.25. The molecule has 1 aliphatic heterocycles. The van der Waals surface area contributed by atoms with Crippen LogP contribution in [0.3, 0.4) is 0 Å². The van der Waals surface area contributed by atoms with Gasteiger partial charge in [0.05, 0.1) is 0 Å². The molecule has 3 nitrogen and oxygen atoms in total. The highest BCUT2D eigenvalue weighted by Crippen LogP contribution is 2.17. The summed E-state index contributed by atoms with van der Waals surface area (Å²) in [4.78, 5) is 4.74. The van der Waals surface area contributed by atoms with Crippen LogP contribution in [0.1, 0.15) is 38.5 Å². The van der Waals surface area contributed by atoms with E-state index in [9.17, 15) is 0 Å². The molecule has 2 rings (SSSR count). The first-order valence-corrected chi connectivity index (χ1v) is 7.40. The second-order valence-electron chi connectivity index (χ2n) is 5.40. The number of likely N-dealkylation sites (N-methyl/N-ethyl adjacent to an activating group) is 1. The van der Waals surface area contributed by atoms with Crippen LogP contribution in [0, 0.1) is 0 Å². The lowest BCUT2D eigenvalue weighted by Gasteiger charge is -2.26. The van der Waals surface area contributed by atoms with Crippen molar-refractivity contribution in [1.82, 2.24) is 15.1 Å². The summed E-state index contributed by atoms with van der Waals surface area (Å²) in [5.74, 6) is 0. The second-order valence-corrected chi connectivity index (χ2v) is 5.79. The van der Waals surface area contributed by atoms with Gasteiger partial charge in [0, 0.05) is 26.2 Å². The van der Waals surface area contributed by atoms with Crippen molar-refractivity contribution in [2.24, 2.45) is 0 Å².